The first-order valence-corrected chi connectivity index (χ1v) is 10.8. The van der Waals surface area contributed by atoms with Gasteiger partial charge in [0.15, 0.2) is 0 Å². The summed E-state index contributed by atoms with van der Waals surface area (Å²) in [6, 6.07) is 6.17. The van der Waals surface area contributed by atoms with Gasteiger partial charge in [0.2, 0.25) is 5.95 Å². The van der Waals surface area contributed by atoms with Crippen LogP contribution in [0.15, 0.2) is 36.8 Å². The van der Waals surface area contributed by atoms with E-state index < -0.39 is 0 Å². The van der Waals surface area contributed by atoms with Crippen LogP contribution < -0.4 is 10.2 Å². The van der Waals surface area contributed by atoms with Gasteiger partial charge in [-0.2, -0.15) is 0 Å². The molecule has 1 saturated heterocycles. The summed E-state index contributed by atoms with van der Waals surface area (Å²) in [4.78, 5) is 30.2. The molecule has 3 heterocycles. The fraction of sp³-hybridized carbons (Fsp3) is 0.545. The largest absolute Gasteiger partial charge is 0.367 e. The van der Waals surface area contributed by atoms with Crippen molar-refractivity contribution in [2.24, 2.45) is 0 Å². The van der Waals surface area contributed by atoms with Gasteiger partial charge in [-0.15, -0.1) is 0 Å². The maximum atomic E-state index is 13.0. The molecule has 4 rings (SSSR count). The van der Waals surface area contributed by atoms with Gasteiger partial charge in [-0.25, -0.2) is 15.0 Å². The Balaban J connectivity index is 1.34. The van der Waals surface area contributed by atoms with E-state index in [9.17, 15) is 4.79 Å². The molecule has 0 atom stereocenters. The highest BCUT2D eigenvalue weighted by Gasteiger charge is 2.22. The van der Waals surface area contributed by atoms with Gasteiger partial charge in [-0.1, -0.05) is 25.7 Å². The van der Waals surface area contributed by atoms with Crippen molar-refractivity contribution in [3.63, 3.8) is 0 Å². The molecule has 2 aromatic rings. The van der Waals surface area contributed by atoms with Crippen LogP contribution in [0.4, 0.5) is 11.8 Å². The molecule has 1 aliphatic heterocycles. The lowest BCUT2D eigenvalue weighted by Crippen LogP contribution is -2.35. The number of rotatable bonds is 4. The molecule has 7 heteroatoms. The number of amides is 1. The van der Waals surface area contributed by atoms with E-state index in [1.807, 2.05) is 23.1 Å². The number of anilines is 2. The van der Waals surface area contributed by atoms with E-state index in [-0.39, 0.29) is 5.91 Å². The van der Waals surface area contributed by atoms with E-state index in [1.165, 1.54) is 38.5 Å². The molecule has 1 aliphatic carbocycles. The molecule has 0 spiro atoms. The van der Waals surface area contributed by atoms with E-state index in [4.69, 9.17) is 0 Å². The summed E-state index contributed by atoms with van der Waals surface area (Å²) in [6.07, 6.45) is 13.8. The molecular weight excluding hydrogens is 364 g/mol. The molecule has 0 radical (unpaired) electrons. The van der Waals surface area contributed by atoms with Crippen molar-refractivity contribution in [3.05, 3.63) is 42.4 Å². The molecule has 0 aromatic carbocycles. The highest BCUT2D eigenvalue weighted by atomic mass is 16.2. The Bertz CT molecular complexity index is 774. The van der Waals surface area contributed by atoms with Crippen LogP contribution in [0.2, 0.25) is 0 Å². The second-order valence-corrected chi connectivity index (χ2v) is 7.95. The molecule has 7 nitrogen and oxygen atoms in total. The summed E-state index contributed by atoms with van der Waals surface area (Å²) in [5.41, 5.74) is 0.654. The maximum absolute atomic E-state index is 13.0. The Labute approximate surface area is 172 Å². The monoisotopic (exact) mass is 394 g/mol. The van der Waals surface area contributed by atoms with Crippen molar-refractivity contribution >= 4 is 17.7 Å². The second kappa shape index (κ2) is 9.67. The molecule has 0 unspecified atom stereocenters. The minimum absolute atomic E-state index is 0.0503. The van der Waals surface area contributed by atoms with Crippen LogP contribution in [0.1, 0.15) is 55.3 Å². The quantitative estimate of drug-likeness (QED) is 0.802. The van der Waals surface area contributed by atoms with Crippen LogP contribution in [0.3, 0.4) is 0 Å². The zero-order valence-corrected chi connectivity index (χ0v) is 17.0. The van der Waals surface area contributed by atoms with Crippen LogP contribution >= 0.6 is 0 Å². The summed E-state index contributed by atoms with van der Waals surface area (Å²) >= 11 is 0. The Morgan fingerprint density at radius 1 is 0.897 bits per heavy atom. The lowest BCUT2D eigenvalue weighted by molar-refractivity contribution is 0.0766. The third kappa shape index (κ3) is 5.22. The Morgan fingerprint density at radius 2 is 1.69 bits per heavy atom. The fourth-order valence-electron chi connectivity index (χ4n) is 4.20. The van der Waals surface area contributed by atoms with E-state index in [0.717, 1.165) is 37.8 Å². The average molecular weight is 395 g/mol. The average Bonchev–Trinajstić information content (AvgIpc) is 3.18. The van der Waals surface area contributed by atoms with E-state index >= 15 is 0 Å². The van der Waals surface area contributed by atoms with E-state index in [1.54, 1.807) is 18.6 Å². The van der Waals surface area contributed by atoms with E-state index in [0.29, 0.717) is 18.2 Å². The highest BCUT2D eigenvalue weighted by Crippen LogP contribution is 2.21. The van der Waals surface area contributed by atoms with Crippen LogP contribution in [0, 0.1) is 0 Å². The molecule has 1 saturated carbocycles. The third-order valence-corrected chi connectivity index (χ3v) is 5.84. The molecule has 0 bridgehead atoms. The highest BCUT2D eigenvalue weighted by molar-refractivity contribution is 5.94. The topological polar surface area (TPSA) is 74.2 Å². The SMILES string of the molecule is O=C(c1ccc(NC2CCCCCC2)nc1)N1CCCN(c2ncccn2)CC1. The lowest BCUT2D eigenvalue weighted by Gasteiger charge is -2.22. The zero-order chi connectivity index (χ0) is 19.9. The number of nitrogens with zero attached hydrogens (tertiary/aromatic N) is 5. The van der Waals surface area contributed by atoms with Gasteiger partial charge < -0.3 is 15.1 Å². The summed E-state index contributed by atoms with van der Waals surface area (Å²) in [5.74, 6) is 1.66. The molecule has 154 valence electrons. The standard InChI is InChI=1S/C22H30N6O/c29-21(27-13-6-14-28(16-15-27)22-23-11-5-12-24-22)18-9-10-20(25-17-18)26-19-7-3-1-2-4-8-19/h5,9-12,17,19H,1-4,6-8,13-16H2,(H,25,26). The number of pyridine rings is 1. The molecule has 2 aromatic heterocycles. The summed E-state index contributed by atoms with van der Waals surface area (Å²) in [5, 5.41) is 3.54. The van der Waals surface area contributed by atoms with E-state index in [2.05, 4.69) is 25.2 Å². The molecule has 2 fully saturated rings. The molecule has 1 N–H and O–H groups in total. The minimum Gasteiger partial charge on any atom is -0.367 e. The van der Waals surface area contributed by atoms with Crippen LogP contribution in [-0.2, 0) is 0 Å². The summed E-state index contributed by atoms with van der Waals surface area (Å²) in [7, 11) is 0. The number of carbonyl (C=O) groups excluding carboxylic acids is 1. The third-order valence-electron chi connectivity index (χ3n) is 5.84. The number of nitrogens with one attached hydrogen (secondary N) is 1. The van der Waals surface area contributed by atoms with Crippen LogP contribution in [0.25, 0.3) is 0 Å². The molecule has 29 heavy (non-hydrogen) atoms. The smallest absolute Gasteiger partial charge is 0.255 e. The number of aromatic nitrogens is 3. The van der Waals surface area contributed by atoms with Gasteiger partial charge in [0.1, 0.15) is 5.82 Å². The van der Waals surface area contributed by atoms with Gasteiger partial charge in [-0.3, -0.25) is 4.79 Å². The number of hydrogen-bond acceptors (Lipinski definition) is 6. The summed E-state index contributed by atoms with van der Waals surface area (Å²) in [6.45, 7) is 3.00. The first-order valence-electron chi connectivity index (χ1n) is 10.8. The van der Waals surface area contributed by atoms with Gasteiger partial charge in [0, 0.05) is 50.8 Å². The van der Waals surface area contributed by atoms with Gasteiger partial charge in [0.05, 0.1) is 5.56 Å². The minimum atomic E-state index is 0.0503. The Hall–Kier alpha value is -2.70. The maximum Gasteiger partial charge on any atom is 0.255 e. The molecular formula is C22H30N6O. The van der Waals surface area contributed by atoms with Crippen molar-refractivity contribution in [1.82, 2.24) is 19.9 Å². The van der Waals surface area contributed by atoms with Gasteiger partial charge in [0.25, 0.3) is 5.91 Å². The Kier molecular flexibility index (Phi) is 6.54. The fourth-order valence-corrected chi connectivity index (χ4v) is 4.20. The number of hydrogen-bond donors (Lipinski definition) is 1. The van der Waals surface area contributed by atoms with Crippen molar-refractivity contribution < 1.29 is 4.79 Å². The van der Waals surface area contributed by atoms with Crippen LogP contribution in [-0.4, -0.2) is 58.0 Å². The summed E-state index contributed by atoms with van der Waals surface area (Å²) < 4.78 is 0. The zero-order valence-electron chi connectivity index (χ0n) is 17.0. The molecule has 2 aliphatic rings. The van der Waals surface area contributed by atoms with Crippen molar-refractivity contribution in [1.29, 1.82) is 0 Å². The normalized spacial score (nSPS) is 18.8. The first kappa shape index (κ1) is 19.6. The lowest BCUT2D eigenvalue weighted by atomic mass is 10.1. The van der Waals surface area contributed by atoms with Crippen molar-refractivity contribution in [3.8, 4) is 0 Å². The predicted molar refractivity (Wildman–Crippen MR) is 114 cm³/mol. The van der Waals surface area contributed by atoms with Crippen molar-refractivity contribution in [2.75, 3.05) is 36.4 Å². The molecule has 1 amide bonds. The second-order valence-electron chi connectivity index (χ2n) is 7.95. The van der Waals surface area contributed by atoms with Gasteiger partial charge >= 0.3 is 0 Å². The number of carbonyl (C=O) groups is 1. The van der Waals surface area contributed by atoms with Crippen LogP contribution in [0.5, 0.6) is 0 Å². The predicted octanol–water partition coefficient (Wildman–Crippen LogP) is 3.36. The Morgan fingerprint density at radius 3 is 2.41 bits per heavy atom. The van der Waals surface area contributed by atoms with Gasteiger partial charge in [-0.05, 0) is 37.5 Å². The first-order chi connectivity index (χ1) is 14.3. The van der Waals surface area contributed by atoms with Crippen molar-refractivity contribution in [2.45, 2.75) is 51.0 Å².